The summed E-state index contributed by atoms with van der Waals surface area (Å²) in [6, 6.07) is 4.21. The van der Waals surface area contributed by atoms with Crippen molar-refractivity contribution in [3.63, 3.8) is 0 Å². The van der Waals surface area contributed by atoms with E-state index >= 15 is 0 Å². The smallest absolute Gasteiger partial charge is 0.122 e. The van der Waals surface area contributed by atoms with E-state index in [9.17, 15) is 9.90 Å². The third-order valence-corrected chi connectivity index (χ3v) is 2.18. The first-order chi connectivity index (χ1) is 8.17. The number of phenols is 2. The summed E-state index contributed by atoms with van der Waals surface area (Å²) in [5.41, 5.74) is 0.564. The van der Waals surface area contributed by atoms with Gasteiger partial charge in [0.1, 0.15) is 11.5 Å². The summed E-state index contributed by atoms with van der Waals surface area (Å²) in [7, 11) is 0. The van der Waals surface area contributed by atoms with E-state index in [1.807, 2.05) is 20.1 Å². The van der Waals surface area contributed by atoms with E-state index in [4.69, 9.17) is 10.2 Å². The Bertz CT molecular complexity index is 342. The molecule has 3 N–H and O–H groups in total. The number of benzene rings is 1. The minimum Gasteiger partial charge on any atom is -0.542 e. The molecule has 99 valence electrons. The van der Waals surface area contributed by atoms with Crippen molar-refractivity contribution in [2.75, 3.05) is 6.61 Å². The molecule has 4 nitrogen and oxygen atoms in total. The minimum absolute atomic E-state index is 0. The Labute approximate surface area is 133 Å². The first kappa shape index (κ1) is 19.9. The van der Waals surface area contributed by atoms with Crippen LogP contribution in [0.4, 0.5) is 0 Å². The van der Waals surface area contributed by atoms with E-state index in [-0.39, 0.29) is 50.8 Å². The molecule has 1 atom stereocenters. The van der Waals surface area contributed by atoms with Gasteiger partial charge in [-0.2, -0.15) is 0 Å². The van der Waals surface area contributed by atoms with Gasteiger partial charge in [-0.25, -0.2) is 0 Å². The third-order valence-electron chi connectivity index (χ3n) is 2.18. The molecule has 0 spiro atoms. The summed E-state index contributed by atoms with van der Waals surface area (Å²) >= 11 is 0. The Morgan fingerprint density at radius 3 is 2.33 bits per heavy atom. The van der Waals surface area contributed by atoms with Crippen molar-refractivity contribution in [2.24, 2.45) is 5.92 Å². The van der Waals surface area contributed by atoms with Gasteiger partial charge in [0.15, 0.2) is 0 Å². The van der Waals surface area contributed by atoms with Gasteiger partial charge in [0, 0.05) is 45.4 Å². The molecule has 0 bridgehead atoms. The number of aromatic hydroxyl groups is 2. The topological polar surface area (TPSA) is 77.8 Å². The van der Waals surface area contributed by atoms with Crippen molar-refractivity contribution in [1.29, 1.82) is 0 Å². The number of rotatable bonds is 5. The molecule has 1 aromatic carbocycles. The number of hydrogen-bond acceptors (Lipinski definition) is 4. The van der Waals surface area contributed by atoms with E-state index < -0.39 is 5.92 Å². The summed E-state index contributed by atoms with van der Waals surface area (Å²) in [5, 5.41) is 27.2. The molecule has 5 heteroatoms. The van der Waals surface area contributed by atoms with Gasteiger partial charge in [0.2, 0.25) is 0 Å². The summed E-state index contributed by atoms with van der Waals surface area (Å²) < 4.78 is 0. The van der Waals surface area contributed by atoms with E-state index in [1.165, 1.54) is 12.1 Å². The number of aliphatic hydroxyl groups is 1. The Morgan fingerprint density at radius 2 is 1.89 bits per heavy atom. The molecular weight excluding hydrogens is 309 g/mol. The standard InChI is InChI=1S/C11H13O4.C2H6.Y/c12-4-3-8(7-13)5-9-1-2-10(14)6-11(9)15;1-2;/h1-2,6,8,12,14-15H,3-5H2;1-2H3;/q-1;;. The average Bonchev–Trinajstić information content (AvgIpc) is 2.34. The first-order valence-corrected chi connectivity index (χ1v) is 5.66. The second-order valence-corrected chi connectivity index (χ2v) is 3.34. The van der Waals surface area contributed by atoms with Crippen LogP contribution in [0.15, 0.2) is 18.2 Å². The zero-order chi connectivity index (χ0) is 13.3. The SMILES string of the molecule is CC.O=[C-]C(CCO)Cc1ccc(O)cc1O.[Y]. The van der Waals surface area contributed by atoms with Crippen molar-refractivity contribution in [3.05, 3.63) is 23.8 Å². The molecule has 0 saturated carbocycles. The molecule has 0 aliphatic heterocycles. The fourth-order valence-electron chi connectivity index (χ4n) is 1.35. The maximum absolute atomic E-state index is 10.5. The predicted molar refractivity (Wildman–Crippen MR) is 65.7 cm³/mol. The molecule has 0 aliphatic carbocycles. The molecule has 0 aliphatic rings. The number of carbonyl (C=O) groups excluding carboxylic acids is 1. The van der Waals surface area contributed by atoms with Gasteiger partial charge < -0.3 is 20.1 Å². The maximum Gasteiger partial charge on any atom is 0.122 e. The van der Waals surface area contributed by atoms with Crippen LogP contribution in [0.5, 0.6) is 11.5 Å². The Morgan fingerprint density at radius 1 is 1.28 bits per heavy atom. The molecule has 0 amide bonds. The van der Waals surface area contributed by atoms with Crippen molar-refractivity contribution in [1.82, 2.24) is 0 Å². The Balaban J connectivity index is 0. The van der Waals surface area contributed by atoms with E-state index in [1.54, 1.807) is 6.07 Å². The summed E-state index contributed by atoms with van der Waals surface area (Å²) in [6.07, 6.45) is 2.45. The fourth-order valence-corrected chi connectivity index (χ4v) is 1.35. The zero-order valence-corrected chi connectivity index (χ0v) is 13.6. The summed E-state index contributed by atoms with van der Waals surface area (Å²) in [6.45, 7) is 3.92. The molecule has 0 heterocycles. The van der Waals surface area contributed by atoms with E-state index in [0.29, 0.717) is 18.4 Å². The van der Waals surface area contributed by atoms with E-state index in [2.05, 4.69) is 0 Å². The Kier molecular flexibility index (Phi) is 12.9. The van der Waals surface area contributed by atoms with Crippen molar-refractivity contribution < 1.29 is 52.8 Å². The van der Waals surface area contributed by atoms with Gasteiger partial charge in [-0.3, -0.25) is 6.29 Å². The monoisotopic (exact) mass is 328 g/mol. The van der Waals surface area contributed by atoms with Crippen LogP contribution < -0.4 is 0 Å². The van der Waals surface area contributed by atoms with Crippen LogP contribution in [0, 0.1) is 5.92 Å². The molecule has 0 saturated heterocycles. The molecule has 1 radical (unpaired) electrons. The minimum atomic E-state index is -0.426. The summed E-state index contributed by atoms with van der Waals surface area (Å²) in [5.74, 6) is -0.497. The maximum atomic E-state index is 10.5. The zero-order valence-electron chi connectivity index (χ0n) is 10.8. The molecule has 1 unspecified atom stereocenters. The normalized spacial score (nSPS) is 10.6. The van der Waals surface area contributed by atoms with Crippen molar-refractivity contribution in [2.45, 2.75) is 26.7 Å². The van der Waals surface area contributed by atoms with Crippen LogP contribution >= 0.6 is 0 Å². The molecule has 0 fully saturated rings. The van der Waals surface area contributed by atoms with Gasteiger partial charge >= 0.3 is 0 Å². The van der Waals surface area contributed by atoms with Crippen molar-refractivity contribution >= 4 is 6.29 Å². The van der Waals surface area contributed by atoms with Crippen LogP contribution in [0.2, 0.25) is 0 Å². The molecule has 1 aromatic rings. The van der Waals surface area contributed by atoms with Crippen LogP contribution in [-0.4, -0.2) is 28.2 Å². The quantitative estimate of drug-likeness (QED) is 0.720. The summed E-state index contributed by atoms with van der Waals surface area (Å²) in [4.78, 5) is 10.5. The second kappa shape index (κ2) is 11.6. The van der Waals surface area contributed by atoms with Gasteiger partial charge in [-0.15, -0.1) is 5.92 Å². The van der Waals surface area contributed by atoms with Gasteiger partial charge in [-0.05, 0) is 18.1 Å². The van der Waals surface area contributed by atoms with Gasteiger partial charge in [0.25, 0.3) is 0 Å². The van der Waals surface area contributed by atoms with Crippen molar-refractivity contribution in [3.8, 4) is 11.5 Å². The largest absolute Gasteiger partial charge is 0.542 e. The van der Waals surface area contributed by atoms with Gasteiger partial charge in [-0.1, -0.05) is 26.3 Å². The molecule has 18 heavy (non-hydrogen) atoms. The number of hydrogen-bond donors (Lipinski definition) is 3. The number of phenolic OH excluding ortho intramolecular Hbond substituents is 2. The third kappa shape index (κ3) is 7.09. The molecule has 1 rings (SSSR count). The molecule has 0 aromatic heterocycles. The Hall–Kier alpha value is -0.446. The second-order valence-electron chi connectivity index (χ2n) is 3.34. The van der Waals surface area contributed by atoms with Crippen LogP contribution in [0.25, 0.3) is 0 Å². The van der Waals surface area contributed by atoms with Gasteiger partial charge in [0.05, 0.1) is 0 Å². The average molecular weight is 328 g/mol. The van der Waals surface area contributed by atoms with Crippen LogP contribution in [-0.2, 0) is 43.9 Å². The van der Waals surface area contributed by atoms with Crippen LogP contribution in [0.1, 0.15) is 25.8 Å². The van der Waals surface area contributed by atoms with E-state index in [0.717, 1.165) is 0 Å². The molecular formula is C13H19O4Y-. The first-order valence-electron chi connectivity index (χ1n) is 5.66. The number of aliphatic hydroxyl groups excluding tert-OH is 1. The predicted octanol–water partition coefficient (Wildman–Crippen LogP) is 1.77. The van der Waals surface area contributed by atoms with Crippen LogP contribution in [0.3, 0.4) is 0 Å². The fraction of sp³-hybridized carbons (Fsp3) is 0.462.